The molecule has 0 saturated carbocycles. The Morgan fingerprint density at radius 3 is 2.70 bits per heavy atom. The van der Waals surface area contributed by atoms with Crippen LogP contribution in [0.2, 0.25) is 0 Å². The third-order valence-corrected chi connectivity index (χ3v) is 6.70. The molecule has 8 heteroatoms. The summed E-state index contributed by atoms with van der Waals surface area (Å²) in [6.07, 6.45) is 4.96. The summed E-state index contributed by atoms with van der Waals surface area (Å²) in [4.78, 5) is 29.7. The van der Waals surface area contributed by atoms with Crippen LogP contribution in [0.5, 0.6) is 0 Å². The average molecular weight is 418 g/mol. The number of amides is 2. The Hall–Kier alpha value is -1.93. The van der Waals surface area contributed by atoms with Gasteiger partial charge in [0.2, 0.25) is 11.8 Å². The Bertz CT molecular complexity index is 758. The number of carbonyl (C=O) groups is 2. The summed E-state index contributed by atoms with van der Waals surface area (Å²) in [5.41, 5.74) is 1.03. The maximum atomic E-state index is 12.8. The van der Waals surface area contributed by atoms with Gasteiger partial charge in [-0.05, 0) is 38.7 Å². The van der Waals surface area contributed by atoms with Gasteiger partial charge in [0.1, 0.15) is 0 Å². The standard InChI is InChI=1S/C22H35N5O3/c1-15(2)23-20(28)10-16-12-27(13-17-6-9-25(3)24-17)18-14-30-19(22(16)18)11-21(29)26-7-4-5-8-26/h6,9,15-16,18-19,22H,4-5,7-8,10-14H2,1-3H3,(H,23,28)/t16-,18-,19+,22-/m1/s1. The zero-order valence-corrected chi connectivity index (χ0v) is 18.4. The van der Waals surface area contributed by atoms with E-state index in [1.54, 1.807) is 0 Å². The maximum Gasteiger partial charge on any atom is 0.225 e. The van der Waals surface area contributed by atoms with E-state index in [1.165, 1.54) is 0 Å². The van der Waals surface area contributed by atoms with Crippen molar-refractivity contribution in [1.29, 1.82) is 0 Å². The molecule has 3 aliphatic rings. The fraction of sp³-hybridized carbons (Fsp3) is 0.773. The molecule has 4 rings (SSSR count). The van der Waals surface area contributed by atoms with E-state index in [9.17, 15) is 9.59 Å². The van der Waals surface area contributed by atoms with E-state index in [0.29, 0.717) is 19.4 Å². The van der Waals surface area contributed by atoms with Crippen LogP contribution in [0.3, 0.4) is 0 Å². The van der Waals surface area contributed by atoms with Gasteiger partial charge in [-0.2, -0.15) is 5.10 Å². The van der Waals surface area contributed by atoms with Crippen molar-refractivity contribution in [2.45, 2.75) is 64.3 Å². The number of rotatable bonds is 7. The van der Waals surface area contributed by atoms with Crippen molar-refractivity contribution in [2.24, 2.45) is 18.9 Å². The van der Waals surface area contributed by atoms with Gasteiger partial charge < -0.3 is 15.0 Å². The first-order valence-corrected chi connectivity index (χ1v) is 11.3. The van der Waals surface area contributed by atoms with Crippen LogP contribution in [0.1, 0.15) is 45.2 Å². The Kier molecular flexibility index (Phi) is 6.43. The molecule has 4 atom stereocenters. The van der Waals surface area contributed by atoms with Crippen LogP contribution in [-0.4, -0.2) is 75.8 Å². The summed E-state index contributed by atoms with van der Waals surface area (Å²) in [6, 6.07) is 2.41. The first-order valence-electron chi connectivity index (χ1n) is 11.3. The van der Waals surface area contributed by atoms with Crippen molar-refractivity contribution in [2.75, 3.05) is 26.2 Å². The topological polar surface area (TPSA) is 79.7 Å². The molecular formula is C22H35N5O3. The van der Waals surface area contributed by atoms with Gasteiger partial charge in [0.25, 0.3) is 0 Å². The SMILES string of the molecule is CC(C)NC(=O)C[C@@H]1CN(Cc2ccn(C)n2)[C@@H]2CO[C@@H](CC(=O)N3CCCC3)[C@H]12. The number of aryl methyl sites for hydroxylation is 1. The number of nitrogens with zero attached hydrogens (tertiary/aromatic N) is 4. The average Bonchev–Trinajstić information content (AvgIpc) is 3.43. The predicted molar refractivity (Wildman–Crippen MR) is 112 cm³/mol. The zero-order chi connectivity index (χ0) is 21.3. The number of likely N-dealkylation sites (tertiary alicyclic amines) is 2. The lowest BCUT2D eigenvalue weighted by Gasteiger charge is -2.25. The van der Waals surface area contributed by atoms with Gasteiger partial charge in [0.05, 0.1) is 24.8 Å². The second-order valence-corrected chi connectivity index (χ2v) is 9.41. The van der Waals surface area contributed by atoms with Crippen molar-refractivity contribution in [3.05, 3.63) is 18.0 Å². The number of hydrogen-bond acceptors (Lipinski definition) is 5. The van der Waals surface area contributed by atoms with E-state index in [-0.39, 0.29) is 41.8 Å². The summed E-state index contributed by atoms with van der Waals surface area (Å²) in [5.74, 6) is 0.686. The van der Waals surface area contributed by atoms with Gasteiger partial charge in [0.15, 0.2) is 0 Å². The predicted octanol–water partition coefficient (Wildman–Crippen LogP) is 1.16. The smallest absolute Gasteiger partial charge is 0.225 e. The van der Waals surface area contributed by atoms with E-state index >= 15 is 0 Å². The molecule has 0 unspecified atom stereocenters. The maximum absolute atomic E-state index is 12.8. The minimum atomic E-state index is -0.103. The lowest BCUT2D eigenvalue weighted by molar-refractivity contribution is -0.133. The molecule has 3 saturated heterocycles. The Balaban J connectivity index is 1.46. The number of fused-ring (bicyclic) bond motifs is 1. The quantitative estimate of drug-likeness (QED) is 0.720. The van der Waals surface area contributed by atoms with Crippen molar-refractivity contribution in [3.8, 4) is 0 Å². The van der Waals surface area contributed by atoms with Crippen LogP contribution in [-0.2, 0) is 27.9 Å². The second kappa shape index (κ2) is 9.06. The number of hydrogen-bond donors (Lipinski definition) is 1. The van der Waals surface area contributed by atoms with Crippen LogP contribution in [0.15, 0.2) is 12.3 Å². The first-order chi connectivity index (χ1) is 14.4. The highest BCUT2D eigenvalue weighted by atomic mass is 16.5. The summed E-state index contributed by atoms with van der Waals surface area (Å²) < 4.78 is 7.99. The summed E-state index contributed by atoms with van der Waals surface area (Å²) in [5, 5.41) is 7.56. The summed E-state index contributed by atoms with van der Waals surface area (Å²) in [6.45, 7) is 7.92. The molecule has 0 aromatic carbocycles. The molecule has 8 nitrogen and oxygen atoms in total. The van der Waals surface area contributed by atoms with Gasteiger partial charge >= 0.3 is 0 Å². The molecule has 0 aliphatic carbocycles. The van der Waals surface area contributed by atoms with E-state index in [4.69, 9.17) is 4.74 Å². The van der Waals surface area contributed by atoms with Crippen LogP contribution in [0, 0.1) is 11.8 Å². The highest BCUT2D eigenvalue weighted by Gasteiger charge is 2.51. The molecule has 4 heterocycles. The molecule has 3 aliphatic heterocycles. The molecule has 0 bridgehead atoms. The van der Waals surface area contributed by atoms with E-state index < -0.39 is 0 Å². The van der Waals surface area contributed by atoms with Crippen LogP contribution >= 0.6 is 0 Å². The molecule has 1 aromatic heterocycles. The van der Waals surface area contributed by atoms with Crippen molar-refractivity contribution >= 4 is 11.8 Å². The van der Waals surface area contributed by atoms with Gasteiger partial charge in [-0.3, -0.25) is 19.2 Å². The zero-order valence-electron chi connectivity index (χ0n) is 18.4. The number of ether oxygens (including phenoxy) is 1. The minimum absolute atomic E-state index is 0.0879. The third kappa shape index (κ3) is 4.70. The monoisotopic (exact) mass is 417 g/mol. The lowest BCUT2D eigenvalue weighted by atomic mass is 9.84. The van der Waals surface area contributed by atoms with E-state index in [1.807, 2.05) is 42.7 Å². The molecular weight excluding hydrogens is 382 g/mol. The molecule has 3 fully saturated rings. The van der Waals surface area contributed by atoms with Crippen LogP contribution < -0.4 is 5.32 Å². The van der Waals surface area contributed by atoms with Gasteiger partial charge in [-0.15, -0.1) is 0 Å². The normalized spacial score (nSPS) is 29.0. The molecule has 0 spiro atoms. The van der Waals surface area contributed by atoms with E-state index in [0.717, 1.165) is 44.7 Å². The Morgan fingerprint density at radius 2 is 2.03 bits per heavy atom. The molecule has 0 radical (unpaired) electrons. The fourth-order valence-corrected chi connectivity index (χ4v) is 5.44. The van der Waals surface area contributed by atoms with E-state index in [2.05, 4.69) is 15.3 Å². The second-order valence-electron chi connectivity index (χ2n) is 9.41. The fourth-order valence-electron chi connectivity index (χ4n) is 5.44. The Labute approximate surface area is 178 Å². The first kappa shape index (κ1) is 21.3. The summed E-state index contributed by atoms with van der Waals surface area (Å²) >= 11 is 0. The Morgan fingerprint density at radius 1 is 1.27 bits per heavy atom. The largest absolute Gasteiger partial charge is 0.376 e. The van der Waals surface area contributed by atoms with Crippen molar-refractivity contribution in [3.63, 3.8) is 0 Å². The molecule has 166 valence electrons. The third-order valence-electron chi connectivity index (χ3n) is 6.70. The van der Waals surface area contributed by atoms with Crippen LogP contribution in [0.25, 0.3) is 0 Å². The highest BCUT2D eigenvalue weighted by Crippen LogP contribution is 2.42. The number of carbonyl (C=O) groups excluding carboxylic acids is 2. The van der Waals surface area contributed by atoms with Crippen molar-refractivity contribution < 1.29 is 14.3 Å². The number of nitrogens with one attached hydrogen (secondary N) is 1. The number of aromatic nitrogens is 2. The molecule has 2 amide bonds. The molecule has 1 N–H and O–H groups in total. The highest BCUT2D eigenvalue weighted by molar-refractivity contribution is 5.77. The van der Waals surface area contributed by atoms with Gasteiger partial charge in [-0.1, -0.05) is 0 Å². The summed E-state index contributed by atoms with van der Waals surface area (Å²) in [7, 11) is 1.92. The molecule has 30 heavy (non-hydrogen) atoms. The lowest BCUT2D eigenvalue weighted by Crippen LogP contribution is -2.37. The van der Waals surface area contributed by atoms with Gasteiger partial charge in [-0.25, -0.2) is 0 Å². The van der Waals surface area contributed by atoms with Crippen molar-refractivity contribution in [1.82, 2.24) is 24.9 Å². The van der Waals surface area contributed by atoms with Gasteiger partial charge in [0, 0.05) is 63.8 Å². The van der Waals surface area contributed by atoms with Crippen LogP contribution in [0.4, 0.5) is 0 Å². The minimum Gasteiger partial charge on any atom is -0.376 e. The molecule has 1 aromatic rings.